The fourth-order valence-electron chi connectivity index (χ4n) is 3.27. The number of benzene rings is 1. The Morgan fingerprint density at radius 1 is 1.06 bits per heavy atom. The number of carbonyl (C=O) groups excluding carboxylic acids is 1. The standard InChI is InChI=1S/C23H19F3N6O3/c1-13-20(32-12-19(30-31-32)14-6-17(34-2)11-27-9-14)7-15(10-28-13)22(33)29-16-4-5-21(35-3)18(8-16)23(24,25)26/h4-12H,1-3H3,(H,29,33). The number of pyridine rings is 2. The number of aromatic nitrogens is 5. The normalized spacial score (nSPS) is 11.3. The van der Waals surface area contributed by atoms with Crippen molar-refractivity contribution in [3.63, 3.8) is 0 Å². The van der Waals surface area contributed by atoms with Gasteiger partial charge in [-0.1, -0.05) is 5.21 Å². The van der Waals surface area contributed by atoms with Gasteiger partial charge >= 0.3 is 6.18 Å². The number of carbonyl (C=O) groups is 1. The lowest BCUT2D eigenvalue weighted by Gasteiger charge is -2.14. The van der Waals surface area contributed by atoms with Gasteiger partial charge < -0.3 is 14.8 Å². The van der Waals surface area contributed by atoms with Crippen molar-refractivity contribution in [3.8, 4) is 28.4 Å². The zero-order chi connectivity index (χ0) is 25.2. The van der Waals surface area contributed by atoms with E-state index >= 15 is 0 Å². The second-order valence-corrected chi connectivity index (χ2v) is 7.36. The molecule has 0 aliphatic carbocycles. The van der Waals surface area contributed by atoms with Crippen LogP contribution in [0.1, 0.15) is 21.6 Å². The first-order valence-corrected chi connectivity index (χ1v) is 10.1. The SMILES string of the molecule is COc1cncc(-c2cn(-c3cc(C(=O)Nc4ccc(OC)c(C(F)(F)F)c4)cnc3C)nn2)c1. The zero-order valence-electron chi connectivity index (χ0n) is 18.8. The zero-order valence-corrected chi connectivity index (χ0v) is 18.8. The molecule has 3 heterocycles. The fraction of sp³-hybridized carbons (Fsp3) is 0.174. The third kappa shape index (κ3) is 5.05. The first kappa shape index (κ1) is 23.7. The van der Waals surface area contributed by atoms with Crippen LogP contribution in [0.2, 0.25) is 0 Å². The van der Waals surface area contributed by atoms with Crippen LogP contribution in [0.3, 0.4) is 0 Å². The summed E-state index contributed by atoms with van der Waals surface area (Å²) < 4.78 is 51.3. The van der Waals surface area contributed by atoms with Crippen molar-refractivity contribution in [2.45, 2.75) is 13.1 Å². The van der Waals surface area contributed by atoms with Gasteiger partial charge in [-0.2, -0.15) is 13.2 Å². The van der Waals surface area contributed by atoms with E-state index in [4.69, 9.17) is 9.47 Å². The molecule has 35 heavy (non-hydrogen) atoms. The number of hydrogen-bond donors (Lipinski definition) is 1. The van der Waals surface area contributed by atoms with Gasteiger partial charge in [0.1, 0.15) is 17.2 Å². The highest BCUT2D eigenvalue weighted by Crippen LogP contribution is 2.37. The van der Waals surface area contributed by atoms with E-state index in [0.29, 0.717) is 28.4 Å². The molecule has 0 fully saturated rings. The largest absolute Gasteiger partial charge is 0.496 e. The van der Waals surface area contributed by atoms with Gasteiger partial charge in [0, 0.05) is 23.6 Å². The molecule has 4 rings (SSSR count). The molecule has 1 N–H and O–H groups in total. The quantitative estimate of drug-likeness (QED) is 0.435. The van der Waals surface area contributed by atoms with E-state index in [1.54, 1.807) is 31.6 Å². The Bertz CT molecular complexity index is 1390. The second-order valence-electron chi connectivity index (χ2n) is 7.36. The third-order valence-corrected chi connectivity index (χ3v) is 5.07. The number of rotatable bonds is 6. The Morgan fingerprint density at radius 3 is 2.57 bits per heavy atom. The van der Waals surface area contributed by atoms with Crippen molar-refractivity contribution in [3.05, 3.63) is 71.9 Å². The molecule has 180 valence electrons. The Balaban J connectivity index is 1.61. The van der Waals surface area contributed by atoms with Gasteiger partial charge in [0.05, 0.1) is 49.1 Å². The molecule has 9 nitrogen and oxygen atoms in total. The summed E-state index contributed by atoms with van der Waals surface area (Å²) in [4.78, 5) is 21.1. The van der Waals surface area contributed by atoms with E-state index in [-0.39, 0.29) is 17.0 Å². The summed E-state index contributed by atoms with van der Waals surface area (Å²) in [6.07, 6.45) is 1.49. The van der Waals surface area contributed by atoms with E-state index in [2.05, 4.69) is 25.6 Å². The van der Waals surface area contributed by atoms with Crippen molar-refractivity contribution in [1.82, 2.24) is 25.0 Å². The van der Waals surface area contributed by atoms with Crippen LogP contribution in [0.25, 0.3) is 16.9 Å². The van der Waals surface area contributed by atoms with Crippen LogP contribution in [-0.4, -0.2) is 45.1 Å². The minimum Gasteiger partial charge on any atom is -0.496 e. The maximum atomic E-state index is 13.3. The summed E-state index contributed by atoms with van der Waals surface area (Å²) in [6.45, 7) is 1.73. The highest BCUT2D eigenvalue weighted by atomic mass is 19.4. The van der Waals surface area contributed by atoms with Crippen LogP contribution >= 0.6 is 0 Å². The van der Waals surface area contributed by atoms with E-state index < -0.39 is 17.6 Å². The fourth-order valence-corrected chi connectivity index (χ4v) is 3.27. The van der Waals surface area contributed by atoms with Gasteiger partial charge in [-0.05, 0) is 37.3 Å². The smallest absolute Gasteiger partial charge is 0.420 e. The number of hydrogen-bond acceptors (Lipinski definition) is 7. The monoisotopic (exact) mass is 484 g/mol. The summed E-state index contributed by atoms with van der Waals surface area (Å²) in [5.41, 5.74) is 1.30. The minimum absolute atomic E-state index is 0.0428. The molecule has 0 atom stereocenters. The number of methoxy groups -OCH3 is 2. The molecule has 0 spiro atoms. The van der Waals surface area contributed by atoms with Crippen LogP contribution in [0.4, 0.5) is 18.9 Å². The van der Waals surface area contributed by atoms with Gasteiger partial charge in [-0.15, -0.1) is 5.10 Å². The molecule has 0 bridgehead atoms. The van der Waals surface area contributed by atoms with Crippen molar-refractivity contribution in [2.75, 3.05) is 19.5 Å². The van der Waals surface area contributed by atoms with Gasteiger partial charge in [0.15, 0.2) is 0 Å². The molecule has 0 aliphatic heterocycles. The van der Waals surface area contributed by atoms with E-state index in [1.165, 1.54) is 30.1 Å². The number of halogens is 3. The molecular formula is C23H19F3N6O3. The third-order valence-electron chi connectivity index (χ3n) is 5.07. The van der Waals surface area contributed by atoms with Crippen LogP contribution in [0, 0.1) is 6.92 Å². The number of nitrogens with one attached hydrogen (secondary N) is 1. The summed E-state index contributed by atoms with van der Waals surface area (Å²) >= 11 is 0. The summed E-state index contributed by atoms with van der Waals surface area (Å²) in [5, 5.41) is 10.7. The average Bonchev–Trinajstić information content (AvgIpc) is 3.34. The second kappa shape index (κ2) is 9.41. The number of amides is 1. The van der Waals surface area contributed by atoms with E-state index in [9.17, 15) is 18.0 Å². The Morgan fingerprint density at radius 2 is 1.86 bits per heavy atom. The predicted octanol–water partition coefficient (Wildman–Crippen LogP) is 4.32. The lowest BCUT2D eigenvalue weighted by Crippen LogP contribution is -2.15. The van der Waals surface area contributed by atoms with E-state index in [0.717, 1.165) is 19.2 Å². The molecule has 0 radical (unpaired) electrons. The highest BCUT2D eigenvalue weighted by Gasteiger charge is 2.34. The average molecular weight is 484 g/mol. The van der Waals surface area contributed by atoms with Crippen molar-refractivity contribution in [1.29, 1.82) is 0 Å². The molecule has 4 aromatic rings. The maximum absolute atomic E-state index is 13.3. The minimum atomic E-state index is -4.65. The van der Waals surface area contributed by atoms with Crippen LogP contribution in [-0.2, 0) is 6.18 Å². The molecule has 12 heteroatoms. The topological polar surface area (TPSA) is 104 Å². The summed E-state index contributed by atoms with van der Waals surface area (Å²) in [5.74, 6) is -0.432. The molecule has 0 unspecified atom stereocenters. The Hall–Kier alpha value is -4.48. The number of ether oxygens (including phenoxy) is 2. The van der Waals surface area contributed by atoms with Crippen molar-refractivity contribution >= 4 is 11.6 Å². The summed E-state index contributed by atoms with van der Waals surface area (Å²) in [7, 11) is 2.67. The number of aryl methyl sites for hydroxylation is 1. The number of anilines is 1. The van der Waals surface area contributed by atoms with Crippen molar-refractivity contribution < 1.29 is 27.4 Å². The van der Waals surface area contributed by atoms with Gasteiger partial charge in [0.2, 0.25) is 0 Å². The van der Waals surface area contributed by atoms with Gasteiger partial charge in [0.25, 0.3) is 5.91 Å². The molecule has 1 aromatic carbocycles. The molecule has 1 amide bonds. The lowest BCUT2D eigenvalue weighted by atomic mass is 10.1. The van der Waals surface area contributed by atoms with Gasteiger partial charge in [-0.3, -0.25) is 14.8 Å². The Kier molecular flexibility index (Phi) is 6.36. The van der Waals surface area contributed by atoms with Gasteiger partial charge in [-0.25, -0.2) is 4.68 Å². The van der Waals surface area contributed by atoms with Crippen molar-refractivity contribution in [2.24, 2.45) is 0 Å². The highest BCUT2D eigenvalue weighted by molar-refractivity contribution is 6.04. The van der Waals surface area contributed by atoms with E-state index in [1.807, 2.05) is 0 Å². The maximum Gasteiger partial charge on any atom is 0.420 e. The molecule has 3 aromatic heterocycles. The first-order chi connectivity index (χ1) is 16.7. The lowest BCUT2D eigenvalue weighted by molar-refractivity contribution is -0.138. The molecule has 0 saturated carbocycles. The number of nitrogens with zero attached hydrogens (tertiary/aromatic N) is 5. The first-order valence-electron chi connectivity index (χ1n) is 10.1. The number of alkyl halides is 3. The van der Waals surface area contributed by atoms with Crippen LogP contribution in [0.5, 0.6) is 11.5 Å². The Labute approximate surface area is 197 Å². The molecule has 0 aliphatic rings. The predicted molar refractivity (Wildman–Crippen MR) is 120 cm³/mol. The molecular weight excluding hydrogens is 465 g/mol. The van der Waals surface area contributed by atoms with Crippen LogP contribution < -0.4 is 14.8 Å². The van der Waals surface area contributed by atoms with Crippen LogP contribution in [0.15, 0.2) is 55.1 Å². The summed E-state index contributed by atoms with van der Waals surface area (Å²) in [6, 6.07) is 6.54. The molecule has 0 saturated heterocycles.